The lowest BCUT2D eigenvalue weighted by Crippen LogP contribution is -2.36. The number of nitrogens with zero attached hydrogens (tertiary/aromatic N) is 2. The monoisotopic (exact) mass is 479 g/mol. The molecule has 8 heteroatoms. The van der Waals surface area contributed by atoms with Gasteiger partial charge in [0.25, 0.3) is 0 Å². The quantitative estimate of drug-likeness (QED) is 0.451. The number of halogens is 1. The predicted molar refractivity (Wildman–Crippen MR) is 130 cm³/mol. The van der Waals surface area contributed by atoms with Gasteiger partial charge >= 0.3 is 0 Å². The van der Waals surface area contributed by atoms with E-state index in [0.29, 0.717) is 25.4 Å². The third-order valence-corrected chi connectivity index (χ3v) is 8.94. The summed E-state index contributed by atoms with van der Waals surface area (Å²) in [4.78, 5) is 3.09. The van der Waals surface area contributed by atoms with Crippen LogP contribution in [0.15, 0.2) is 45.8 Å². The molecule has 4 fully saturated rings. The number of fused-ring (bicyclic) bond motifs is 5. The van der Waals surface area contributed by atoms with Crippen LogP contribution in [0.25, 0.3) is 11.3 Å². The number of hydrogen-bond donors (Lipinski definition) is 1. The number of methoxy groups -OCH3 is 2. The number of nitrogens with one attached hydrogen (secondary N) is 1. The van der Waals surface area contributed by atoms with Crippen molar-refractivity contribution in [1.29, 1.82) is 0 Å². The lowest BCUT2D eigenvalue weighted by atomic mass is 9.79. The van der Waals surface area contributed by atoms with Gasteiger partial charge in [0.15, 0.2) is 11.6 Å². The number of rotatable bonds is 6. The largest absolute Gasteiger partial charge is 0.495 e. The average Bonchev–Trinajstić information content (AvgIpc) is 3.18. The van der Waals surface area contributed by atoms with Gasteiger partial charge in [-0.15, -0.1) is 0 Å². The van der Waals surface area contributed by atoms with E-state index in [0.717, 1.165) is 64.0 Å². The molecule has 34 heavy (non-hydrogen) atoms. The second kappa shape index (κ2) is 7.07. The Hall–Kier alpha value is -2.87. The summed E-state index contributed by atoms with van der Waals surface area (Å²) in [5.41, 5.74) is 3.80. The molecule has 8 rings (SSSR count). The molecule has 3 heterocycles. The van der Waals surface area contributed by atoms with Crippen LogP contribution in [0, 0.1) is 0 Å². The van der Waals surface area contributed by atoms with E-state index in [1.807, 2.05) is 18.2 Å². The second-order valence-corrected chi connectivity index (χ2v) is 10.9. The minimum Gasteiger partial charge on any atom is -0.495 e. The van der Waals surface area contributed by atoms with E-state index in [-0.39, 0.29) is 5.41 Å². The van der Waals surface area contributed by atoms with Crippen LogP contribution in [-0.2, 0) is 11.8 Å². The highest BCUT2D eigenvalue weighted by atomic mass is 32.2. The van der Waals surface area contributed by atoms with Gasteiger partial charge in [0.1, 0.15) is 22.1 Å². The van der Waals surface area contributed by atoms with Crippen molar-refractivity contribution in [3.63, 3.8) is 0 Å². The van der Waals surface area contributed by atoms with E-state index >= 15 is 0 Å². The van der Waals surface area contributed by atoms with Gasteiger partial charge < -0.3 is 23.6 Å². The first-order valence-corrected chi connectivity index (χ1v) is 12.6. The van der Waals surface area contributed by atoms with Gasteiger partial charge in [-0.2, -0.15) is 0 Å². The highest BCUT2D eigenvalue weighted by molar-refractivity contribution is 8.00. The van der Waals surface area contributed by atoms with Crippen LogP contribution in [0.2, 0.25) is 0 Å². The van der Waals surface area contributed by atoms with Crippen LogP contribution in [0.1, 0.15) is 36.8 Å². The Morgan fingerprint density at radius 1 is 1.15 bits per heavy atom. The number of ether oxygens (including phenoxy) is 2. The third kappa shape index (κ3) is 2.90. The molecule has 2 aliphatic heterocycles. The molecule has 3 aliphatic carbocycles. The Morgan fingerprint density at radius 3 is 2.56 bits per heavy atom. The molecular weight excluding hydrogens is 453 g/mol. The first-order chi connectivity index (χ1) is 16.5. The summed E-state index contributed by atoms with van der Waals surface area (Å²) >= 11 is 1.41. The zero-order chi connectivity index (χ0) is 23.1. The van der Waals surface area contributed by atoms with E-state index in [2.05, 4.69) is 33.0 Å². The number of hydrogen-bond acceptors (Lipinski definition) is 7. The molecule has 0 atom stereocenters. The standard InChI is InChI=1S/C26H26FN3O3S/c1-31-20-4-3-5-21(32-2)23(20)34-29-24-18-13-25(8-9-25)19-7-6-15(10-17(19)22(18)33-28-24)30-14-26(27)11-16(30)12-26/h3-7,10,16H,8-9,11-14H2,1-2H3,(H,28,29). The molecule has 1 spiro atoms. The molecule has 0 amide bonds. The van der Waals surface area contributed by atoms with E-state index in [9.17, 15) is 4.39 Å². The molecule has 1 N–H and O–H groups in total. The summed E-state index contributed by atoms with van der Waals surface area (Å²) in [5.74, 6) is 3.03. The third-order valence-electron chi connectivity index (χ3n) is 8.04. The lowest BCUT2D eigenvalue weighted by molar-refractivity contribution is 0.114. The molecule has 6 nitrogen and oxygen atoms in total. The lowest BCUT2D eigenvalue weighted by Gasteiger charge is -2.31. The molecule has 176 valence electrons. The summed E-state index contributed by atoms with van der Waals surface area (Å²) in [7, 11) is 3.30. The average molecular weight is 480 g/mol. The molecule has 2 aromatic carbocycles. The molecule has 0 unspecified atom stereocenters. The summed E-state index contributed by atoms with van der Waals surface area (Å²) in [5, 5.41) is 4.42. The summed E-state index contributed by atoms with van der Waals surface area (Å²) in [6, 6.07) is 12.7. The Kier molecular flexibility index (Phi) is 4.26. The molecular formula is C26H26FN3O3S. The van der Waals surface area contributed by atoms with E-state index in [1.165, 1.54) is 17.5 Å². The van der Waals surface area contributed by atoms with Crippen LogP contribution in [0.5, 0.6) is 11.5 Å². The minimum absolute atomic E-state index is 0.157. The SMILES string of the molecule is COc1cccc(OC)c1SNc1noc2c1CC1(CC1)c1ccc(N3CC4(F)CC3C4)cc1-2. The van der Waals surface area contributed by atoms with Crippen LogP contribution in [-0.4, -0.2) is 37.6 Å². The summed E-state index contributed by atoms with van der Waals surface area (Å²) < 4.78 is 34.9. The minimum atomic E-state index is -0.996. The Bertz CT molecular complexity index is 1280. The molecule has 0 radical (unpaired) electrons. The van der Waals surface area contributed by atoms with Gasteiger partial charge in [-0.05, 0) is 61.0 Å². The molecule has 3 aromatic rings. The second-order valence-electron chi connectivity index (χ2n) is 10.1. The van der Waals surface area contributed by atoms with Crippen LogP contribution >= 0.6 is 11.9 Å². The molecule has 2 saturated carbocycles. The van der Waals surface area contributed by atoms with Crippen LogP contribution < -0.4 is 19.1 Å². The topological polar surface area (TPSA) is 59.8 Å². The smallest absolute Gasteiger partial charge is 0.183 e. The first kappa shape index (κ1) is 20.5. The summed E-state index contributed by atoms with van der Waals surface area (Å²) in [6.07, 6.45) is 4.54. The van der Waals surface area contributed by atoms with Crippen molar-refractivity contribution < 1.29 is 18.4 Å². The van der Waals surface area contributed by atoms with Gasteiger partial charge in [0, 0.05) is 41.1 Å². The highest BCUT2D eigenvalue weighted by Gasteiger charge is 2.56. The summed E-state index contributed by atoms with van der Waals surface area (Å²) in [6.45, 7) is 0.495. The van der Waals surface area contributed by atoms with Gasteiger partial charge in [-0.25, -0.2) is 4.39 Å². The maximum atomic E-state index is 14.6. The van der Waals surface area contributed by atoms with Gasteiger partial charge in [0.2, 0.25) is 0 Å². The normalized spacial score (nSPS) is 24.9. The van der Waals surface area contributed by atoms with Gasteiger partial charge in [-0.1, -0.05) is 17.3 Å². The van der Waals surface area contributed by atoms with Crippen LogP contribution in [0.3, 0.4) is 0 Å². The van der Waals surface area contributed by atoms with Crippen LogP contribution in [0.4, 0.5) is 15.9 Å². The van der Waals surface area contributed by atoms with E-state index in [4.69, 9.17) is 14.0 Å². The molecule has 5 aliphatic rings. The molecule has 2 saturated heterocycles. The van der Waals surface area contributed by atoms with Gasteiger partial charge in [-0.3, -0.25) is 0 Å². The van der Waals surface area contributed by atoms with Crippen molar-refractivity contribution in [3.05, 3.63) is 47.5 Å². The van der Waals surface area contributed by atoms with Crippen molar-refractivity contribution in [2.45, 2.75) is 54.1 Å². The zero-order valence-corrected chi connectivity index (χ0v) is 20.0. The fourth-order valence-electron chi connectivity index (χ4n) is 6.04. The highest BCUT2D eigenvalue weighted by Crippen LogP contribution is 2.59. The molecule has 2 bridgehead atoms. The van der Waals surface area contributed by atoms with Crippen molar-refractivity contribution in [3.8, 4) is 22.8 Å². The number of anilines is 2. The van der Waals surface area contributed by atoms with Gasteiger partial charge in [0.05, 0.1) is 20.8 Å². The Labute approximate surface area is 201 Å². The fraction of sp³-hybridized carbons (Fsp3) is 0.423. The van der Waals surface area contributed by atoms with Crippen molar-refractivity contribution in [2.75, 3.05) is 30.4 Å². The number of aromatic nitrogens is 1. The number of alkyl halides is 1. The van der Waals surface area contributed by atoms with Crippen molar-refractivity contribution in [1.82, 2.24) is 5.16 Å². The maximum absolute atomic E-state index is 14.6. The maximum Gasteiger partial charge on any atom is 0.183 e. The number of benzene rings is 2. The predicted octanol–water partition coefficient (Wildman–Crippen LogP) is 5.76. The van der Waals surface area contributed by atoms with E-state index in [1.54, 1.807) is 14.2 Å². The fourth-order valence-corrected chi connectivity index (χ4v) is 6.91. The molecule has 1 aromatic heterocycles. The van der Waals surface area contributed by atoms with Crippen molar-refractivity contribution >= 4 is 23.5 Å². The Morgan fingerprint density at radius 2 is 1.91 bits per heavy atom. The van der Waals surface area contributed by atoms with Crippen molar-refractivity contribution in [2.24, 2.45) is 0 Å². The zero-order valence-electron chi connectivity index (χ0n) is 19.2. The Balaban J connectivity index is 1.23. The first-order valence-electron chi connectivity index (χ1n) is 11.8. The van der Waals surface area contributed by atoms with E-state index < -0.39 is 5.67 Å².